The van der Waals surface area contributed by atoms with Gasteiger partial charge in [-0.1, -0.05) is 18.2 Å². The number of hydrogen-bond acceptors (Lipinski definition) is 4. The number of phenolic OH excluding ortho intramolecular Hbond substituents is 1. The number of rotatable bonds is 5. The zero-order chi connectivity index (χ0) is 18.8. The molecular formula is C21H17FN2O3. The second kappa shape index (κ2) is 7.07. The Morgan fingerprint density at radius 1 is 1.11 bits per heavy atom. The van der Waals surface area contributed by atoms with Gasteiger partial charge in [-0.15, -0.1) is 0 Å². The van der Waals surface area contributed by atoms with E-state index in [0.717, 1.165) is 24.5 Å². The van der Waals surface area contributed by atoms with Crippen molar-refractivity contribution in [1.82, 2.24) is 10.3 Å². The van der Waals surface area contributed by atoms with Crippen LogP contribution in [0.1, 0.15) is 23.2 Å². The van der Waals surface area contributed by atoms with Gasteiger partial charge in [0.15, 0.2) is 11.6 Å². The zero-order valence-corrected chi connectivity index (χ0v) is 14.4. The third-order valence-electron chi connectivity index (χ3n) is 4.20. The molecule has 5 nitrogen and oxygen atoms in total. The van der Waals surface area contributed by atoms with Gasteiger partial charge >= 0.3 is 0 Å². The van der Waals surface area contributed by atoms with Gasteiger partial charge in [-0.05, 0) is 43.2 Å². The molecular weight excluding hydrogens is 347 g/mol. The summed E-state index contributed by atoms with van der Waals surface area (Å²) in [5.41, 5.74) is 2.00. The van der Waals surface area contributed by atoms with E-state index in [1.165, 1.54) is 12.1 Å². The Balaban J connectivity index is 1.56. The fourth-order valence-corrected chi connectivity index (χ4v) is 2.63. The molecule has 0 saturated heterocycles. The third kappa shape index (κ3) is 4.06. The smallest absolute Gasteiger partial charge is 0.251 e. The van der Waals surface area contributed by atoms with Crippen LogP contribution in [0.5, 0.6) is 17.4 Å². The summed E-state index contributed by atoms with van der Waals surface area (Å²) >= 11 is 0. The maximum atomic E-state index is 13.2. The predicted molar refractivity (Wildman–Crippen MR) is 98.3 cm³/mol. The first-order chi connectivity index (χ1) is 13.1. The Hall–Kier alpha value is -3.41. The number of nitrogens with zero attached hydrogens (tertiary/aromatic N) is 1. The van der Waals surface area contributed by atoms with E-state index in [-0.39, 0.29) is 11.7 Å². The summed E-state index contributed by atoms with van der Waals surface area (Å²) in [7, 11) is 0. The van der Waals surface area contributed by atoms with Gasteiger partial charge in [0.1, 0.15) is 5.75 Å². The zero-order valence-electron chi connectivity index (χ0n) is 14.4. The lowest BCUT2D eigenvalue weighted by Crippen LogP contribution is -2.25. The van der Waals surface area contributed by atoms with E-state index in [2.05, 4.69) is 10.3 Å². The van der Waals surface area contributed by atoms with Crippen LogP contribution in [-0.4, -0.2) is 22.0 Å². The minimum Gasteiger partial charge on any atom is -0.505 e. The average Bonchev–Trinajstić information content (AvgIpc) is 3.49. The van der Waals surface area contributed by atoms with Gasteiger partial charge in [-0.2, -0.15) is 0 Å². The van der Waals surface area contributed by atoms with E-state index in [0.29, 0.717) is 23.2 Å². The Labute approximate surface area is 155 Å². The number of carbonyl (C=O) groups excluding carboxylic acids is 1. The number of pyridine rings is 1. The largest absolute Gasteiger partial charge is 0.505 e. The van der Waals surface area contributed by atoms with Crippen LogP contribution in [0.3, 0.4) is 0 Å². The second-order valence-corrected chi connectivity index (χ2v) is 6.40. The first-order valence-corrected chi connectivity index (χ1v) is 8.63. The number of hydrogen-bond donors (Lipinski definition) is 2. The minimum atomic E-state index is -0.717. The van der Waals surface area contributed by atoms with Gasteiger partial charge in [0, 0.05) is 29.3 Å². The number of carbonyl (C=O) groups is 1. The molecule has 0 bridgehead atoms. The highest BCUT2D eigenvalue weighted by molar-refractivity contribution is 5.95. The third-order valence-corrected chi connectivity index (χ3v) is 4.20. The molecule has 1 amide bonds. The lowest BCUT2D eigenvalue weighted by Gasteiger charge is -2.09. The first kappa shape index (κ1) is 17.0. The Bertz CT molecular complexity index is 1000. The van der Waals surface area contributed by atoms with Gasteiger partial charge < -0.3 is 15.2 Å². The van der Waals surface area contributed by atoms with Crippen molar-refractivity contribution in [3.8, 4) is 28.6 Å². The van der Waals surface area contributed by atoms with Crippen molar-refractivity contribution >= 4 is 5.91 Å². The van der Waals surface area contributed by atoms with Crippen LogP contribution >= 0.6 is 0 Å². The van der Waals surface area contributed by atoms with E-state index in [9.17, 15) is 14.3 Å². The summed E-state index contributed by atoms with van der Waals surface area (Å²) in [4.78, 5) is 16.7. The van der Waals surface area contributed by atoms with E-state index in [1.807, 2.05) is 18.2 Å². The van der Waals surface area contributed by atoms with Gasteiger partial charge in [0.25, 0.3) is 5.91 Å². The van der Waals surface area contributed by atoms with Crippen molar-refractivity contribution in [2.75, 3.05) is 0 Å². The number of halogens is 1. The van der Waals surface area contributed by atoms with Gasteiger partial charge in [-0.25, -0.2) is 9.37 Å². The molecule has 6 heteroatoms. The molecule has 2 aromatic carbocycles. The Morgan fingerprint density at radius 3 is 2.70 bits per heavy atom. The standard InChI is InChI=1S/C21H17FN2O3/c22-17-10-9-16(12-19(17)25)27-20-6-2-5-18(24-20)13-3-1-4-14(11-13)21(26)23-15-7-8-15/h1-6,9-12,15,25H,7-8H2,(H,23,26). The lowest BCUT2D eigenvalue weighted by atomic mass is 10.1. The molecule has 27 heavy (non-hydrogen) atoms. The number of benzene rings is 2. The highest BCUT2D eigenvalue weighted by Gasteiger charge is 2.23. The molecule has 3 aromatic rings. The first-order valence-electron chi connectivity index (χ1n) is 8.63. The molecule has 1 aliphatic carbocycles. The molecule has 0 unspecified atom stereocenters. The maximum absolute atomic E-state index is 13.2. The summed E-state index contributed by atoms with van der Waals surface area (Å²) in [6.45, 7) is 0. The Morgan fingerprint density at radius 2 is 1.93 bits per heavy atom. The van der Waals surface area contributed by atoms with Crippen molar-refractivity contribution in [2.45, 2.75) is 18.9 Å². The predicted octanol–water partition coefficient (Wildman–Crippen LogP) is 4.28. The van der Waals surface area contributed by atoms with Crippen LogP contribution in [0.2, 0.25) is 0 Å². The van der Waals surface area contributed by atoms with Crippen LogP contribution < -0.4 is 10.1 Å². The molecule has 1 heterocycles. The molecule has 136 valence electrons. The highest BCUT2D eigenvalue weighted by Crippen LogP contribution is 2.28. The number of aromatic hydroxyl groups is 1. The SMILES string of the molecule is O=C(NC1CC1)c1cccc(-c2cccc(Oc3ccc(F)c(O)c3)n2)c1. The van der Waals surface area contributed by atoms with Crippen molar-refractivity contribution in [3.63, 3.8) is 0 Å². The summed E-state index contributed by atoms with van der Waals surface area (Å²) in [6.07, 6.45) is 2.07. The van der Waals surface area contributed by atoms with Crippen LogP contribution in [-0.2, 0) is 0 Å². The Kier molecular flexibility index (Phi) is 4.46. The molecule has 4 rings (SSSR count). The molecule has 0 atom stereocenters. The monoisotopic (exact) mass is 364 g/mol. The normalized spacial score (nSPS) is 13.2. The van der Waals surface area contributed by atoms with Crippen LogP contribution in [0.4, 0.5) is 4.39 Å². The minimum absolute atomic E-state index is 0.0893. The molecule has 1 saturated carbocycles. The molecule has 1 aromatic heterocycles. The van der Waals surface area contributed by atoms with E-state index < -0.39 is 11.6 Å². The summed E-state index contributed by atoms with van der Waals surface area (Å²) < 4.78 is 18.8. The topological polar surface area (TPSA) is 71.5 Å². The molecule has 0 spiro atoms. The second-order valence-electron chi connectivity index (χ2n) is 6.40. The average molecular weight is 364 g/mol. The van der Waals surface area contributed by atoms with Gasteiger partial charge in [-0.3, -0.25) is 4.79 Å². The molecule has 2 N–H and O–H groups in total. The van der Waals surface area contributed by atoms with E-state index in [4.69, 9.17) is 4.74 Å². The van der Waals surface area contributed by atoms with E-state index >= 15 is 0 Å². The quantitative estimate of drug-likeness (QED) is 0.709. The molecule has 0 aliphatic heterocycles. The van der Waals surface area contributed by atoms with Gasteiger partial charge in [0.05, 0.1) is 5.69 Å². The summed E-state index contributed by atoms with van der Waals surface area (Å²) in [5.74, 6) is -0.723. The maximum Gasteiger partial charge on any atom is 0.251 e. The number of nitrogens with one attached hydrogen (secondary N) is 1. The van der Waals surface area contributed by atoms with Crippen LogP contribution in [0.15, 0.2) is 60.7 Å². The van der Waals surface area contributed by atoms with Crippen molar-refractivity contribution in [3.05, 3.63) is 72.0 Å². The molecule has 0 radical (unpaired) electrons. The fraction of sp³-hybridized carbons (Fsp3) is 0.143. The lowest BCUT2D eigenvalue weighted by molar-refractivity contribution is 0.0951. The van der Waals surface area contributed by atoms with Crippen LogP contribution in [0, 0.1) is 5.82 Å². The van der Waals surface area contributed by atoms with Crippen molar-refractivity contribution < 1.29 is 19.0 Å². The summed E-state index contributed by atoms with van der Waals surface area (Å²) in [5, 5.41) is 12.4. The van der Waals surface area contributed by atoms with Crippen molar-refractivity contribution in [1.29, 1.82) is 0 Å². The van der Waals surface area contributed by atoms with E-state index in [1.54, 1.807) is 24.3 Å². The number of phenols is 1. The molecule has 1 aliphatic rings. The highest BCUT2D eigenvalue weighted by atomic mass is 19.1. The number of aromatic nitrogens is 1. The number of amides is 1. The van der Waals surface area contributed by atoms with Crippen LogP contribution in [0.25, 0.3) is 11.3 Å². The fourth-order valence-electron chi connectivity index (χ4n) is 2.63. The summed E-state index contributed by atoms with van der Waals surface area (Å²) in [6, 6.07) is 16.5. The molecule has 1 fully saturated rings. The number of ether oxygens (including phenoxy) is 1. The van der Waals surface area contributed by atoms with Crippen molar-refractivity contribution in [2.24, 2.45) is 0 Å². The van der Waals surface area contributed by atoms with Gasteiger partial charge in [0.2, 0.25) is 5.88 Å².